The first-order valence-electron chi connectivity index (χ1n) is 9.69. The van der Waals surface area contributed by atoms with E-state index in [-0.39, 0.29) is 23.4 Å². The second-order valence-corrected chi connectivity index (χ2v) is 7.33. The lowest BCUT2D eigenvalue weighted by molar-refractivity contribution is -0.123. The predicted octanol–water partition coefficient (Wildman–Crippen LogP) is 2.68. The molecule has 3 N–H and O–H groups in total. The molecule has 1 aliphatic rings. The van der Waals surface area contributed by atoms with Crippen molar-refractivity contribution in [2.75, 3.05) is 25.0 Å². The van der Waals surface area contributed by atoms with Gasteiger partial charge in [0.2, 0.25) is 5.91 Å². The molecule has 3 amide bonds. The number of amides is 3. The van der Waals surface area contributed by atoms with E-state index in [9.17, 15) is 27.6 Å². The lowest BCUT2D eigenvalue weighted by Crippen LogP contribution is -2.38. The van der Waals surface area contributed by atoms with Gasteiger partial charge in [0.25, 0.3) is 11.8 Å². The molecule has 1 aliphatic heterocycles. The number of carbonyl (C=O) groups is 3. The van der Waals surface area contributed by atoms with Crippen LogP contribution in [0.15, 0.2) is 30.3 Å². The van der Waals surface area contributed by atoms with Crippen LogP contribution in [0.1, 0.15) is 52.2 Å². The maximum Gasteiger partial charge on any atom is 0.405 e. The fourth-order valence-corrected chi connectivity index (χ4v) is 3.41. The standard InChI is InChI=1S/C20H22F3N5O3/c1-12(29)25-15-4-2-14(3-5-15)19(31)28-8-6-13(7-9-28)16-10-17(27-26-16)18(30)24-11-20(21,22)23/h2-5,10,13H,6-9,11H2,1H3,(H,24,30)(H,25,29)(H,26,27). The van der Waals surface area contributed by atoms with Gasteiger partial charge >= 0.3 is 6.18 Å². The summed E-state index contributed by atoms with van der Waals surface area (Å²) in [6.07, 6.45) is -3.23. The molecule has 0 radical (unpaired) electrons. The van der Waals surface area contributed by atoms with Crippen LogP contribution in [0, 0.1) is 0 Å². The first-order chi connectivity index (χ1) is 14.6. The van der Waals surface area contributed by atoms with Crippen molar-refractivity contribution >= 4 is 23.4 Å². The smallest absolute Gasteiger partial charge is 0.342 e. The number of H-pyrrole nitrogens is 1. The number of piperidine rings is 1. The summed E-state index contributed by atoms with van der Waals surface area (Å²) in [5, 5.41) is 11.0. The molecule has 1 fully saturated rings. The number of likely N-dealkylation sites (tertiary alicyclic amines) is 1. The number of aromatic amines is 1. The molecule has 2 heterocycles. The first kappa shape index (κ1) is 22.3. The van der Waals surface area contributed by atoms with E-state index in [0.29, 0.717) is 42.9 Å². The highest BCUT2D eigenvalue weighted by molar-refractivity contribution is 5.95. The number of rotatable bonds is 5. The van der Waals surface area contributed by atoms with Crippen molar-refractivity contribution in [1.82, 2.24) is 20.4 Å². The van der Waals surface area contributed by atoms with Crippen LogP contribution in [-0.4, -0.2) is 58.6 Å². The Kier molecular flexibility index (Phi) is 6.62. The molecule has 3 rings (SSSR count). The van der Waals surface area contributed by atoms with E-state index in [0.717, 1.165) is 0 Å². The van der Waals surface area contributed by atoms with Crippen molar-refractivity contribution < 1.29 is 27.6 Å². The Morgan fingerprint density at radius 3 is 2.39 bits per heavy atom. The first-order valence-corrected chi connectivity index (χ1v) is 9.69. The van der Waals surface area contributed by atoms with Gasteiger partial charge in [-0.3, -0.25) is 19.5 Å². The van der Waals surface area contributed by atoms with Crippen molar-refractivity contribution in [3.05, 3.63) is 47.3 Å². The number of aromatic nitrogens is 2. The van der Waals surface area contributed by atoms with Crippen LogP contribution in [-0.2, 0) is 4.79 Å². The molecule has 0 unspecified atom stereocenters. The molecule has 0 bridgehead atoms. The molecule has 1 aromatic heterocycles. The van der Waals surface area contributed by atoms with Crippen molar-refractivity contribution in [3.8, 4) is 0 Å². The van der Waals surface area contributed by atoms with Gasteiger partial charge in [-0.25, -0.2) is 0 Å². The summed E-state index contributed by atoms with van der Waals surface area (Å²) >= 11 is 0. The minimum atomic E-state index is -4.49. The van der Waals surface area contributed by atoms with Crippen LogP contribution < -0.4 is 10.6 Å². The number of alkyl halides is 3. The van der Waals surface area contributed by atoms with E-state index >= 15 is 0 Å². The van der Waals surface area contributed by atoms with Gasteiger partial charge in [0.1, 0.15) is 12.2 Å². The van der Waals surface area contributed by atoms with Crippen LogP contribution in [0.25, 0.3) is 0 Å². The van der Waals surface area contributed by atoms with Gasteiger partial charge in [0, 0.05) is 42.9 Å². The molecule has 0 atom stereocenters. The third-order valence-electron chi connectivity index (χ3n) is 4.95. The number of halogens is 3. The molecule has 1 saturated heterocycles. The van der Waals surface area contributed by atoms with Crippen LogP contribution >= 0.6 is 0 Å². The molecule has 0 saturated carbocycles. The van der Waals surface area contributed by atoms with Crippen LogP contribution in [0.5, 0.6) is 0 Å². The molecule has 2 aromatic rings. The van der Waals surface area contributed by atoms with Crippen molar-refractivity contribution in [2.45, 2.75) is 31.9 Å². The van der Waals surface area contributed by atoms with Gasteiger partial charge in [0.15, 0.2) is 0 Å². The summed E-state index contributed by atoms with van der Waals surface area (Å²) in [5.74, 6) is -1.19. The summed E-state index contributed by atoms with van der Waals surface area (Å²) in [5.41, 5.74) is 1.68. The maximum absolute atomic E-state index is 12.7. The van der Waals surface area contributed by atoms with Crippen molar-refractivity contribution in [3.63, 3.8) is 0 Å². The Morgan fingerprint density at radius 1 is 1.16 bits per heavy atom. The third kappa shape index (κ3) is 6.06. The Balaban J connectivity index is 1.53. The molecular weight excluding hydrogens is 415 g/mol. The fourth-order valence-electron chi connectivity index (χ4n) is 3.41. The van der Waals surface area contributed by atoms with Gasteiger partial charge in [-0.15, -0.1) is 0 Å². The second kappa shape index (κ2) is 9.19. The monoisotopic (exact) mass is 437 g/mol. The Labute approximate surface area is 176 Å². The normalized spacial score (nSPS) is 14.9. The number of hydrogen-bond donors (Lipinski definition) is 3. The molecular formula is C20H22F3N5O3. The summed E-state index contributed by atoms with van der Waals surface area (Å²) in [6, 6.07) is 8.09. The van der Waals surface area contributed by atoms with E-state index in [2.05, 4.69) is 15.5 Å². The average molecular weight is 437 g/mol. The van der Waals surface area contributed by atoms with Gasteiger partial charge in [-0.2, -0.15) is 18.3 Å². The largest absolute Gasteiger partial charge is 0.405 e. The number of benzene rings is 1. The van der Waals surface area contributed by atoms with Gasteiger partial charge in [-0.1, -0.05) is 0 Å². The number of hydrogen-bond acceptors (Lipinski definition) is 4. The number of anilines is 1. The Bertz CT molecular complexity index is 948. The summed E-state index contributed by atoms with van der Waals surface area (Å²) in [4.78, 5) is 37.3. The lowest BCUT2D eigenvalue weighted by atomic mass is 9.93. The predicted molar refractivity (Wildman–Crippen MR) is 106 cm³/mol. The summed E-state index contributed by atoms with van der Waals surface area (Å²) < 4.78 is 36.7. The van der Waals surface area contributed by atoms with Crippen LogP contribution in [0.4, 0.5) is 18.9 Å². The lowest BCUT2D eigenvalue weighted by Gasteiger charge is -2.31. The maximum atomic E-state index is 12.7. The SMILES string of the molecule is CC(=O)Nc1ccc(C(=O)N2CCC(c3cc(C(=O)NCC(F)(F)F)n[nH]3)CC2)cc1. The zero-order chi connectivity index (χ0) is 22.6. The van der Waals surface area contributed by atoms with E-state index in [4.69, 9.17) is 0 Å². The van der Waals surface area contributed by atoms with Crippen LogP contribution in [0.3, 0.4) is 0 Å². The fraction of sp³-hybridized carbons (Fsp3) is 0.400. The minimum absolute atomic E-state index is 0.0165. The van der Waals surface area contributed by atoms with Gasteiger partial charge in [0.05, 0.1) is 0 Å². The van der Waals surface area contributed by atoms with Gasteiger partial charge < -0.3 is 15.5 Å². The molecule has 0 aliphatic carbocycles. The van der Waals surface area contributed by atoms with E-state index in [1.54, 1.807) is 34.5 Å². The number of carbonyl (C=O) groups excluding carboxylic acids is 3. The second-order valence-electron chi connectivity index (χ2n) is 7.33. The molecule has 11 heteroatoms. The Morgan fingerprint density at radius 2 is 1.81 bits per heavy atom. The van der Waals surface area contributed by atoms with E-state index < -0.39 is 18.6 Å². The summed E-state index contributed by atoms with van der Waals surface area (Å²) in [7, 11) is 0. The van der Waals surface area contributed by atoms with Crippen LogP contribution in [0.2, 0.25) is 0 Å². The molecule has 0 spiro atoms. The zero-order valence-electron chi connectivity index (χ0n) is 16.8. The Hall–Kier alpha value is -3.37. The minimum Gasteiger partial charge on any atom is -0.342 e. The third-order valence-corrected chi connectivity index (χ3v) is 4.95. The quantitative estimate of drug-likeness (QED) is 0.669. The highest BCUT2D eigenvalue weighted by atomic mass is 19.4. The van der Waals surface area contributed by atoms with Crippen molar-refractivity contribution in [1.29, 1.82) is 0 Å². The molecule has 31 heavy (non-hydrogen) atoms. The zero-order valence-corrected chi connectivity index (χ0v) is 16.8. The molecule has 1 aromatic carbocycles. The van der Waals surface area contributed by atoms with Crippen molar-refractivity contribution in [2.24, 2.45) is 0 Å². The number of nitrogens with zero attached hydrogens (tertiary/aromatic N) is 2. The van der Waals surface area contributed by atoms with Gasteiger partial charge in [-0.05, 0) is 43.2 Å². The highest BCUT2D eigenvalue weighted by Crippen LogP contribution is 2.28. The molecule has 8 nitrogen and oxygen atoms in total. The average Bonchev–Trinajstić information content (AvgIpc) is 3.21. The van der Waals surface area contributed by atoms with E-state index in [1.807, 2.05) is 0 Å². The summed E-state index contributed by atoms with van der Waals surface area (Å²) in [6.45, 7) is 0.971. The molecule has 166 valence electrons. The highest BCUT2D eigenvalue weighted by Gasteiger charge is 2.29. The van der Waals surface area contributed by atoms with E-state index in [1.165, 1.54) is 13.0 Å². The topological polar surface area (TPSA) is 107 Å². The number of nitrogens with one attached hydrogen (secondary N) is 3.